The van der Waals surface area contributed by atoms with Crippen molar-refractivity contribution in [3.05, 3.63) is 29.8 Å². The molecule has 0 aromatic heterocycles. The quantitative estimate of drug-likeness (QED) is 0.765. The first-order chi connectivity index (χ1) is 8.35. The van der Waals surface area contributed by atoms with E-state index in [1.165, 1.54) is 5.56 Å². The largest absolute Gasteiger partial charge is 0.488 e. The average molecular weight is 235 g/mol. The summed E-state index contributed by atoms with van der Waals surface area (Å²) >= 11 is 0. The predicted octanol–water partition coefficient (Wildman–Crippen LogP) is 2.00. The van der Waals surface area contributed by atoms with Gasteiger partial charge in [0.15, 0.2) is 0 Å². The summed E-state index contributed by atoms with van der Waals surface area (Å²) in [4.78, 5) is 0. The molecule has 2 unspecified atom stereocenters. The standard InChI is InChI=1S/C14H21NO2/c1-3-8-16-10-12(15-2)14-9-11-6-4-5-7-13(11)17-14/h4-7,12,14-15H,3,8-10H2,1-2H3. The van der Waals surface area contributed by atoms with Gasteiger partial charge in [-0.25, -0.2) is 0 Å². The van der Waals surface area contributed by atoms with E-state index in [1.54, 1.807) is 0 Å². The monoisotopic (exact) mass is 235 g/mol. The van der Waals surface area contributed by atoms with Gasteiger partial charge in [-0.2, -0.15) is 0 Å². The van der Waals surface area contributed by atoms with Gasteiger partial charge in [0, 0.05) is 13.0 Å². The van der Waals surface area contributed by atoms with Gasteiger partial charge in [0.2, 0.25) is 0 Å². The number of benzene rings is 1. The summed E-state index contributed by atoms with van der Waals surface area (Å²) in [5.41, 5.74) is 1.30. The van der Waals surface area contributed by atoms with Crippen LogP contribution >= 0.6 is 0 Å². The topological polar surface area (TPSA) is 30.5 Å². The number of hydrogen-bond donors (Lipinski definition) is 1. The maximum atomic E-state index is 5.95. The Kier molecular flexibility index (Phi) is 4.40. The maximum absolute atomic E-state index is 5.95. The van der Waals surface area contributed by atoms with E-state index in [9.17, 15) is 0 Å². The average Bonchev–Trinajstić information content (AvgIpc) is 2.78. The highest BCUT2D eigenvalue weighted by molar-refractivity contribution is 5.37. The van der Waals surface area contributed by atoms with E-state index in [0.29, 0.717) is 6.61 Å². The highest BCUT2D eigenvalue weighted by Gasteiger charge is 2.29. The number of fused-ring (bicyclic) bond motifs is 1. The molecule has 0 radical (unpaired) electrons. The molecule has 0 fully saturated rings. The van der Waals surface area contributed by atoms with E-state index in [-0.39, 0.29) is 12.1 Å². The molecule has 0 saturated carbocycles. The number of nitrogens with one attached hydrogen (secondary N) is 1. The van der Waals surface area contributed by atoms with Crippen LogP contribution in [0.15, 0.2) is 24.3 Å². The fourth-order valence-electron chi connectivity index (χ4n) is 2.16. The van der Waals surface area contributed by atoms with Gasteiger partial charge in [-0.1, -0.05) is 25.1 Å². The van der Waals surface area contributed by atoms with E-state index in [2.05, 4.69) is 24.4 Å². The van der Waals surface area contributed by atoms with Gasteiger partial charge in [0.1, 0.15) is 11.9 Å². The van der Waals surface area contributed by atoms with Crippen LogP contribution in [0.4, 0.5) is 0 Å². The maximum Gasteiger partial charge on any atom is 0.123 e. The van der Waals surface area contributed by atoms with Gasteiger partial charge < -0.3 is 14.8 Å². The first-order valence-electron chi connectivity index (χ1n) is 6.34. The fourth-order valence-corrected chi connectivity index (χ4v) is 2.16. The highest BCUT2D eigenvalue weighted by atomic mass is 16.5. The van der Waals surface area contributed by atoms with E-state index in [1.807, 2.05) is 19.2 Å². The van der Waals surface area contributed by atoms with Gasteiger partial charge in [-0.3, -0.25) is 0 Å². The Hall–Kier alpha value is -1.06. The number of para-hydroxylation sites is 1. The van der Waals surface area contributed by atoms with Crippen LogP contribution in [0.2, 0.25) is 0 Å². The third kappa shape index (κ3) is 2.99. The minimum absolute atomic E-state index is 0.189. The molecule has 0 aliphatic carbocycles. The molecule has 3 nitrogen and oxygen atoms in total. The van der Waals surface area contributed by atoms with Crippen LogP contribution in [-0.4, -0.2) is 32.4 Å². The molecular formula is C14H21NO2. The van der Waals surface area contributed by atoms with Crippen LogP contribution in [-0.2, 0) is 11.2 Å². The lowest BCUT2D eigenvalue weighted by atomic mass is 10.1. The van der Waals surface area contributed by atoms with Gasteiger partial charge in [-0.05, 0) is 25.1 Å². The molecule has 1 aliphatic rings. The van der Waals surface area contributed by atoms with Crippen molar-refractivity contribution in [3.8, 4) is 5.75 Å². The summed E-state index contributed by atoms with van der Waals surface area (Å²) in [6.45, 7) is 3.65. The Balaban J connectivity index is 1.91. The van der Waals surface area contributed by atoms with Crippen molar-refractivity contribution < 1.29 is 9.47 Å². The summed E-state index contributed by atoms with van der Waals surface area (Å²) in [7, 11) is 1.96. The zero-order valence-corrected chi connectivity index (χ0v) is 10.6. The zero-order chi connectivity index (χ0) is 12.1. The third-order valence-electron chi connectivity index (χ3n) is 3.14. The van der Waals surface area contributed by atoms with Gasteiger partial charge >= 0.3 is 0 Å². The second-order valence-electron chi connectivity index (χ2n) is 4.44. The summed E-state index contributed by atoms with van der Waals surface area (Å²) in [6.07, 6.45) is 2.22. The number of hydrogen-bond acceptors (Lipinski definition) is 3. The summed E-state index contributed by atoms with van der Waals surface area (Å²) in [5, 5.41) is 3.29. The van der Waals surface area contributed by atoms with Gasteiger partial charge in [-0.15, -0.1) is 0 Å². The Labute approximate surface area is 103 Å². The van der Waals surface area contributed by atoms with E-state index in [0.717, 1.165) is 25.2 Å². The van der Waals surface area contributed by atoms with E-state index in [4.69, 9.17) is 9.47 Å². The second kappa shape index (κ2) is 6.03. The summed E-state index contributed by atoms with van der Waals surface area (Å²) < 4.78 is 11.6. The smallest absolute Gasteiger partial charge is 0.123 e. The lowest BCUT2D eigenvalue weighted by Crippen LogP contribution is -2.44. The van der Waals surface area contributed by atoms with Crippen LogP contribution in [0.1, 0.15) is 18.9 Å². The Morgan fingerprint density at radius 1 is 1.47 bits per heavy atom. The minimum Gasteiger partial charge on any atom is -0.488 e. The molecule has 1 heterocycles. The molecule has 17 heavy (non-hydrogen) atoms. The second-order valence-corrected chi connectivity index (χ2v) is 4.44. The van der Waals surface area contributed by atoms with Crippen molar-refractivity contribution in [2.45, 2.75) is 31.9 Å². The first kappa shape index (κ1) is 12.4. The molecule has 0 bridgehead atoms. The number of ether oxygens (including phenoxy) is 2. The van der Waals surface area contributed by atoms with Gasteiger partial charge in [0.25, 0.3) is 0 Å². The first-order valence-corrected chi connectivity index (χ1v) is 6.34. The lowest BCUT2D eigenvalue weighted by molar-refractivity contribution is 0.0706. The van der Waals surface area contributed by atoms with Crippen molar-refractivity contribution in [1.29, 1.82) is 0 Å². The Bertz CT molecular complexity index is 329. The minimum atomic E-state index is 0.189. The molecule has 1 aromatic carbocycles. The van der Waals surface area contributed by atoms with Crippen molar-refractivity contribution in [1.82, 2.24) is 5.32 Å². The van der Waals surface area contributed by atoms with Crippen LogP contribution in [0.25, 0.3) is 0 Å². The predicted molar refractivity (Wildman–Crippen MR) is 68.5 cm³/mol. The molecule has 3 heteroatoms. The number of likely N-dealkylation sites (N-methyl/N-ethyl adjacent to an activating group) is 1. The molecule has 1 aromatic rings. The highest BCUT2D eigenvalue weighted by Crippen LogP contribution is 2.29. The van der Waals surface area contributed by atoms with Crippen LogP contribution in [0, 0.1) is 0 Å². The normalized spacial score (nSPS) is 19.8. The van der Waals surface area contributed by atoms with Crippen molar-refractivity contribution in [2.75, 3.05) is 20.3 Å². The molecule has 94 valence electrons. The molecule has 0 amide bonds. The zero-order valence-electron chi connectivity index (χ0n) is 10.6. The van der Waals surface area contributed by atoms with Crippen molar-refractivity contribution in [2.24, 2.45) is 0 Å². The Morgan fingerprint density at radius 2 is 2.29 bits per heavy atom. The molecule has 1 N–H and O–H groups in total. The van der Waals surface area contributed by atoms with Gasteiger partial charge in [0.05, 0.1) is 12.6 Å². The van der Waals surface area contributed by atoms with E-state index >= 15 is 0 Å². The summed E-state index contributed by atoms with van der Waals surface area (Å²) in [6, 6.07) is 8.51. The van der Waals surface area contributed by atoms with Crippen LogP contribution in [0.3, 0.4) is 0 Å². The molecule has 2 atom stereocenters. The molecule has 1 aliphatic heterocycles. The molecule has 0 saturated heterocycles. The molecular weight excluding hydrogens is 214 g/mol. The third-order valence-corrected chi connectivity index (χ3v) is 3.14. The lowest BCUT2D eigenvalue weighted by Gasteiger charge is -2.22. The molecule has 2 rings (SSSR count). The Morgan fingerprint density at radius 3 is 3.00 bits per heavy atom. The van der Waals surface area contributed by atoms with Crippen molar-refractivity contribution in [3.63, 3.8) is 0 Å². The fraction of sp³-hybridized carbons (Fsp3) is 0.571. The van der Waals surface area contributed by atoms with E-state index < -0.39 is 0 Å². The molecule has 0 spiro atoms. The van der Waals surface area contributed by atoms with Crippen LogP contribution < -0.4 is 10.1 Å². The van der Waals surface area contributed by atoms with Crippen LogP contribution in [0.5, 0.6) is 5.75 Å². The number of rotatable bonds is 6. The SMILES string of the molecule is CCCOCC(NC)C1Cc2ccccc2O1. The summed E-state index contributed by atoms with van der Waals surface area (Å²) in [5.74, 6) is 1.02. The van der Waals surface area contributed by atoms with Crippen molar-refractivity contribution >= 4 is 0 Å².